The van der Waals surface area contributed by atoms with E-state index in [0.29, 0.717) is 23.8 Å². The number of hydrogen-bond donors (Lipinski definition) is 1. The Balaban J connectivity index is 1.54. The van der Waals surface area contributed by atoms with E-state index in [2.05, 4.69) is 10.3 Å². The molecule has 0 radical (unpaired) electrons. The van der Waals surface area contributed by atoms with Crippen molar-refractivity contribution in [1.29, 1.82) is 0 Å². The molecule has 5 nitrogen and oxygen atoms in total. The summed E-state index contributed by atoms with van der Waals surface area (Å²) < 4.78 is 0. The van der Waals surface area contributed by atoms with Gasteiger partial charge in [0.2, 0.25) is 5.91 Å². The van der Waals surface area contributed by atoms with Gasteiger partial charge in [-0.05, 0) is 30.5 Å². The number of nitrogens with one attached hydrogen (secondary N) is 1. The van der Waals surface area contributed by atoms with Crippen LogP contribution in [0.1, 0.15) is 15.4 Å². The highest BCUT2D eigenvalue weighted by atomic mass is 32.1. The van der Waals surface area contributed by atoms with Crippen LogP contribution in [0.25, 0.3) is 0 Å². The summed E-state index contributed by atoms with van der Waals surface area (Å²) in [6.07, 6.45) is 0. The molecule has 1 saturated heterocycles. The fourth-order valence-electron chi connectivity index (χ4n) is 2.21. The van der Waals surface area contributed by atoms with Gasteiger partial charge in [0.1, 0.15) is 5.82 Å². The molecule has 1 fully saturated rings. The van der Waals surface area contributed by atoms with E-state index in [0.717, 1.165) is 5.69 Å². The molecular formula is C15H15N3O2S. The Hall–Kier alpha value is -2.21. The maximum Gasteiger partial charge on any atom is 0.263 e. The first-order chi connectivity index (χ1) is 10.1. The molecule has 1 aliphatic heterocycles. The minimum absolute atomic E-state index is 0.00253. The Morgan fingerprint density at radius 3 is 2.76 bits per heavy atom. The monoisotopic (exact) mass is 301 g/mol. The van der Waals surface area contributed by atoms with Gasteiger partial charge in [-0.2, -0.15) is 0 Å². The van der Waals surface area contributed by atoms with Crippen molar-refractivity contribution >= 4 is 29.0 Å². The third-order valence-corrected chi connectivity index (χ3v) is 4.27. The number of amides is 2. The minimum Gasteiger partial charge on any atom is -0.336 e. The summed E-state index contributed by atoms with van der Waals surface area (Å²) in [6.45, 7) is 2.81. The molecule has 0 saturated carbocycles. The van der Waals surface area contributed by atoms with Crippen LogP contribution in [-0.2, 0) is 4.79 Å². The number of aryl methyl sites for hydroxylation is 1. The van der Waals surface area contributed by atoms with Gasteiger partial charge in [0.15, 0.2) is 0 Å². The van der Waals surface area contributed by atoms with Crippen molar-refractivity contribution < 1.29 is 9.59 Å². The zero-order valence-electron chi connectivity index (χ0n) is 11.6. The SMILES string of the molecule is Cc1cccc(NC(=O)C2CN(C(=O)c3cccs3)C2)n1. The quantitative estimate of drug-likeness (QED) is 0.945. The zero-order valence-corrected chi connectivity index (χ0v) is 12.4. The van der Waals surface area contributed by atoms with Gasteiger partial charge >= 0.3 is 0 Å². The lowest BCUT2D eigenvalue weighted by atomic mass is 9.99. The molecule has 0 atom stereocenters. The first kappa shape index (κ1) is 13.8. The van der Waals surface area contributed by atoms with E-state index >= 15 is 0 Å². The van der Waals surface area contributed by atoms with Gasteiger partial charge in [-0.3, -0.25) is 9.59 Å². The molecule has 6 heteroatoms. The van der Waals surface area contributed by atoms with E-state index in [1.165, 1.54) is 11.3 Å². The highest BCUT2D eigenvalue weighted by Crippen LogP contribution is 2.22. The Morgan fingerprint density at radius 1 is 1.29 bits per heavy atom. The fraction of sp³-hybridized carbons (Fsp3) is 0.267. The second-order valence-electron chi connectivity index (χ2n) is 5.04. The predicted molar refractivity (Wildman–Crippen MR) is 81.3 cm³/mol. The molecule has 108 valence electrons. The number of carbonyl (C=O) groups is 2. The average molecular weight is 301 g/mol. The summed E-state index contributed by atoms with van der Waals surface area (Å²) in [5, 5.41) is 4.67. The van der Waals surface area contributed by atoms with Crippen molar-refractivity contribution in [1.82, 2.24) is 9.88 Å². The van der Waals surface area contributed by atoms with Gasteiger partial charge in [-0.1, -0.05) is 12.1 Å². The molecule has 1 N–H and O–H groups in total. The van der Waals surface area contributed by atoms with Gasteiger partial charge in [-0.15, -0.1) is 11.3 Å². The third-order valence-electron chi connectivity index (χ3n) is 3.41. The molecule has 2 amide bonds. The average Bonchev–Trinajstić information content (AvgIpc) is 2.90. The number of rotatable bonds is 3. The molecule has 2 aromatic rings. The fourth-order valence-corrected chi connectivity index (χ4v) is 2.90. The van der Waals surface area contributed by atoms with Crippen molar-refractivity contribution in [3.05, 3.63) is 46.3 Å². The molecule has 0 unspecified atom stereocenters. The number of carbonyl (C=O) groups excluding carboxylic acids is 2. The smallest absolute Gasteiger partial charge is 0.263 e. The van der Waals surface area contributed by atoms with Crippen LogP contribution in [0.3, 0.4) is 0 Å². The van der Waals surface area contributed by atoms with E-state index in [4.69, 9.17) is 0 Å². The predicted octanol–water partition coefficient (Wildman–Crippen LogP) is 2.16. The standard InChI is InChI=1S/C15H15N3O2S/c1-10-4-2-6-13(16-10)17-14(19)11-8-18(9-11)15(20)12-5-3-7-21-12/h2-7,11H,8-9H2,1H3,(H,16,17,19). The number of hydrogen-bond acceptors (Lipinski definition) is 4. The summed E-state index contributed by atoms with van der Waals surface area (Å²) in [4.78, 5) is 30.8. The van der Waals surface area contributed by atoms with E-state index in [-0.39, 0.29) is 17.7 Å². The van der Waals surface area contributed by atoms with Crippen LogP contribution in [0.5, 0.6) is 0 Å². The van der Waals surface area contributed by atoms with Crippen molar-refractivity contribution in [3.8, 4) is 0 Å². The number of nitrogens with zero attached hydrogens (tertiary/aromatic N) is 2. The molecule has 3 heterocycles. The van der Waals surface area contributed by atoms with Gasteiger partial charge in [0.05, 0.1) is 10.8 Å². The van der Waals surface area contributed by atoms with Crippen molar-refractivity contribution in [2.24, 2.45) is 5.92 Å². The molecule has 2 aromatic heterocycles. The molecule has 0 spiro atoms. The lowest BCUT2D eigenvalue weighted by molar-refractivity contribution is -0.123. The number of thiophene rings is 1. The summed E-state index contributed by atoms with van der Waals surface area (Å²) >= 11 is 1.42. The van der Waals surface area contributed by atoms with Gasteiger partial charge < -0.3 is 10.2 Å². The highest BCUT2D eigenvalue weighted by Gasteiger charge is 2.36. The molecular weight excluding hydrogens is 286 g/mol. The largest absolute Gasteiger partial charge is 0.336 e. The maximum absolute atomic E-state index is 12.1. The first-order valence-electron chi connectivity index (χ1n) is 6.71. The maximum atomic E-state index is 12.1. The normalized spacial score (nSPS) is 14.6. The van der Waals surface area contributed by atoms with Gasteiger partial charge in [-0.25, -0.2) is 4.98 Å². The Labute approximate surface area is 126 Å². The highest BCUT2D eigenvalue weighted by molar-refractivity contribution is 7.12. The van der Waals surface area contributed by atoms with Crippen molar-refractivity contribution in [2.75, 3.05) is 18.4 Å². The molecule has 21 heavy (non-hydrogen) atoms. The molecule has 0 bridgehead atoms. The van der Waals surface area contributed by atoms with E-state index in [1.54, 1.807) is 17.0 Å². The first-order valence-corrected chi connectivity index (χ1v) is 7.59. The Bertz CT molecular complexity index is 663. The number of likely N-dealkylation sites (tertiary alicyclic amines) is 1. The molecule has 0 aliphatic carbocycles. The Kier molecular flexibility index (Phi) is 3.70. The lowest BCUT2D eigenvalue weighted by Crippen LogP contribution is -2.54. The summed E-state index contributed by atoms with van der Waals surface area (Å²) in [5.74, 6) is 0.324. The van der Waals surface area contributed by atoms with Crippen LogP contribution in [0.15, 0.2) is 35.7 Å². The molecule has 3 rings (SSSR count). The third kappa shape index (κ3) is 2.95. The van der Waals surface area contributed by atoms with Crippen LogP contribution < -0.4 is 5.32 Å². The summed E-state index contributed by atoms with van der Waals surface area (Å²) in [5.41, 5.74) is 0.857. The summed E-state index contributed by atoms with van der Waals surface area (Å²) in [6, 6.07) is 9.15. The van der Waals surface area contributed by atoms with Crippen LogP contribution >= 0.6 is 11.3 Å². The van der Waals surface area contributed by atoms with E-state index < -0.39 is 0 Å². The number of anilines is 1. The van der Waals surface area contributed by atoms with Crippen LogP contribution in [0, 0.1) is 12.8 Å². The van der Waals surface area contributed by atoms with E-state index in [1.807, 2.05) is 30.5 Å². The molecule has 1 aliphatic rings. The second-order valence-corrected chi connectivity index (χ2v) is 5.99. The summed E-state index contributed by atoms with van der Waals surface area (Å²) in [7, 11) is 0. The lowest BCUT2D eigenvalue weighted by Gasteiger charge is -2.37. The minimum atomic E-state index is -0.156. The Morgan fingerprint density at radius 2 is 2.10 bits per heavy atom. The molecule has 0 aromatic carbocycles. The van der Waals surface area contributed by atoms with E-state index in [9.17, 15) is 9.59 Å². The number of aromatic nitrogens is 1. The van der Waals surface area contributed by atoms with Crippen LogP contribution in [0.4, 0.5) is 5.82 Å². The van der Waals surface area contributed by atoms with Crippen molar-refractivity contribution in [2.45, 2.75) is 6.92 Å². The van der Waals surface area contributed by atoms with Crippen molar-refractivity contribution in [3.63, 3.8) is 0 Å². The topological polar surface area (TPSA) is 62.3 Å². The van der Waals surface area contributed by atoms with Crippen LogP contribution in [0.2, 0.25) is 0 Å². The van der Waals surface area contributed by atoms with Crippen LogP contribution in [-0.4, -0.2) is 34.8 Å². The van der Waals surface area contributed by atoms with Gasteiger partial charge in [0, 0.05) is 18.8 Å². The van der Waals surface area contributed by atoms with Gasteiger partial charge in [0.25, 0.3) is 5.91 Å². The zero-order chi connectivity index (χ0) is 14.8. The second kappa shape index (κ2) is 5.65. The number of pyridine rings is 1.